The number of aromatic nitrogens is 2. The number of aryl methyl sites for hydroxylation is 1. The lowest BCUT2D eigenvalue weighted by molar-refractivity contribution is -0.146. The van der Waals surface area contributed by atoms with Crippen molar-refractivity contribution in [3.05, 3.63) is 18.0 Å². The lowest BCUT2D eigenvalue weighted by Crippen LogP contribution is -2.47. The van der Waals surface area contributed by atoms with Gasteiger partial charge in [0.25, 0.3) is 0 Å². The molecule has 4 unspecified atom stereocenters. The molecule has 3 rings (SSSR count). The fourth-order valence-corrected chi connectivity index (χ4v) is 4.38. The molecule has 4 atom stereocenters. The van der Waals surface area contributed by atoms with Crippen LogP contribution in [0.5, 0.6) is 0 Å². The van der Waals surface area contributed by atoms with Crippen molar-refractivity contribution in [2.45, 2.75) is 31.8 Å². The van der Waals surface area contributed by atoms with Crippen LogP contribution in [-0.2, 0) is 16.6 Å². The molecule has 0 radical (unpaired) electrons. The lowest BCUT2D eigenvalue weighted by atomic mass is 9.84. The Hall–Kier alpha value is -1.89. The SMILES string of the molecule is CC1CN(C(=O)C2CCC(=O)N(C)C2c2cnn(C)c2)CC1N(C)C. The van der Waals surface area contributed by atoms with Gasteiger partial charge in [0.1, 0.15) is 0 Å². The van der Waals surface area contributed by atoms with Crippen LogP contribution in [-0.4, -0.2) is 76.6 Å². The maximum Gasteiger partial charge on any atom is 0.228 e. The summed E-state index contributed by atoms with van der Waals surface area (Å²) in [5.74, 6) is 0.530. The lowest BCUT2D eigenvalue weighted by Gasteiger charge is -2.39. The van der Waals surface area contributed by atoms with Gasteiger partial charge in [-0.15, -0.1) is 0 Å². The van der Waals surface area contributed by atoms with Gasteiger partial charge in [-0.1, -0.05) is 6.92 Å². The number of rotatable bonds is 3. The van der Waals surface area contributed by atoms with Crippen molar-refractivity contribution in [3.8, 4) is 0 Å². The number of hydrogen-bond acceptors (Lipinski definition) is 4. The molecule has 2 amide bonds. The van der Waals surface area contributed by atoms with E-state index < -0.39 is 0 Å². The smallest absolute Gasteiger partial charge is 0.228 e. The van der Waals surface area contributed by atoms with Gasteiger partial charge in [-0.3, -0.25) is 14.3 Å². The maximum absolute atomic E-state index is 13.3. The maximum atomic E-state index is 13.3. The zero-order valence-electron chi connectivity index (χ0n) is 15.8. The first-order valence-electron chi connectivity index (χ1n) is 8.99. The van der Waals surface area contributed by atoms with Crippen molar-refractivity contribution in [1.29, 1.82) is 0 Å². The molecule has 1 aromatic heterocycles. The van der Waals surface area contributed by atoms with E-state index in [-0.39, 0.29) is 23.8 Å². The molecule has 0 spiro atoms. The molecule has 7 nitrogen and oxygen atoms in total. The average molecular weight is 347 g/mol. The molecule has 0 bridgehead atoms. The molecule has 2 fully saturated rings. The van der Waals surface area contributed by atoms with Crippen LogP contribution in [0.25, 0.3) is 0 Å². The highest BCUT2D eigenvalue weighted by Gasteiger charge is 2.43. The molecule has 2 aliphatic heterocycles. The van der Waals surface area contributed by atoms with E-state index in [1.807, 2.05) is 18.1 Å². The minimum absolute atomic E-state index is 0.0962. The summed E-state index contributed by atoms with van der Waals surface area (Å²) in [6.07, 6.45) is 4.73. The zero-order valence-corrected chi connectivity index (χ0v) is 15.8. The Bertz CT molecular complexity index is 656. The van der Waals surface area contributed by atoms with Crippen LogP contribution < -0.4 is 0 Å². The van der Waals surface area contributed by atoms with E-state index in [1.54, 1.807) is 22.8 Å². The predicted molar refractivity (Wildman–Crippen MR) is 94.7 cm³/mol. The summed E-state index contributed by atoms with van der Waals surface area (Å²) in [5, 5.41) is 4.24. The van der Waals surface area contributed by atoms with Crippen molar-refractivity contribution >= 4 is 11.8 Å². The standard InChI is InChI=1S/C18H29N5O2/c1-12-9-23(11-15(12)20(2)3)18(25)14-6-7-16(24)22(5)17(14)13-8-19-21(4)10-13/h8,10,12,14-15,17H,6-7,9,11H2,1-5H3. The highest BCUT2D eigenvalue weighted by Crippen LogP contribution is 2.37. The molecule has 0 saturated carbocycles. The van der Waals surface area contributed by atoms with E-state index in [9.17, 15) is 9.59 Å². The molecule has 0 aliphatic carbocycles. The number of amides is 2. The van der Waals surface area contributed by atoms with Gasteiger partial charge in [-0.25, -0.2) is 0 Å². The Morgan fingerprint density at radius 2 is 2.00 bits per heavy atom. The van der Waals surface area contributed by atoms with E-state index in [0.717, 1.165) is 18.7 Å². The van der Waals surface area contributed by atoms with Crippen molar-refractivity contribution < 1.29 is 9.59 Å². The normalized spacial score (nSPS) is 30.4. The van der Waals surface area contributed by atoms with Gasteiger partial charge < -0.3 is 14.7 Å². The van der Waals surface area contributed by atoms with Gasteiger partial charge in [-0.2, -0.15) is 5.10 Å². The molecule has 25 heavy (non-hydrogen) atoms. The first kappa shape index (κ1) is 17.9. The molecule has 7 heteroatoms. The van der Waals surface area contributed by atoms with E-state index in [4.69, 9.17) is 0 Å². The second kappa shape index (κ2) is 6.78. The van der Waals surface area contributed by atoms with Crippen molar-refractivity contribution in [1.82, 2.24) is 24.5 Å². The van der Waals surface area contributed by atoms with Crippen LogP contribution in [0, 0.1) is 11.8 Å². The van der Waals surface area contributed by atoms with Crippen LogP contribution in [0.2, 0.25) is 0 Å². The van der Waals surface area contributed by atoms with Gasteiger partial charge in [0.05, 0.1) is 18.2 Å². The highest BCUT2D eigenvalue weighted by molar-refractivity contribution is 5.85. The molecule has 0 N–H and O–H groups in total. The van der Waals surface area contributed by atoms with Crippen LogP contribution in [0.4, 0.5) is 0 Å². The van der Waals surface area contributed by atoms with Crippen LogP contribution >= 0.6 is 0 Å². The average Bonchev–Trinajstić information content (AvgIpc) is 3.15. The Morgan fingerprint density at radius 3 is 2.56 bits per heavy atom. The Morgan fingerprint density at radius 1 is 1.28 bits per heavy atom. The van der Waals surface area contributed by atoms with Crippen LogP contribution in [0.3, 0.4) is 0 Å². The Kier molecular flexibility index (Phi) is 4.86. The molecular formula is C18H29N5O2. The first-order valence-corrected chi connectivity index (χ1v) is 8.99. The van der Waals surface area contributed by atoms with Gasteiger partial charge in [0.2, 0.25) is 11.8 Å². The summed E-state index contributed by atoms with van der Waals surface area (Å²) in [5.41, 5.74) is 0.938. The largest absolute Gasteiger partial charge is 0.340 e. The summed E-state index contributed by atoms with van der Waals surface area (Å²) in [4.78, 5) is 31.5. The molecule has 2 saturated heterocycles. The number of nitrogens with zero attached hydrogens (tertiary/aromatic N) is 5. The molecule has 3 heterocycles. The number of likely N-dealkylation sites (N-methyl/N-ethyl adjacent to an activating group) is 1. The summed E-state index contributed by atoms with van der Waals surface area (Å²) >= 11 is 0. The first-order chi connectivity index (χ1) is 11.8. The molecule has 0 aromatic carbocycles. The predicted octanol–water partition coefficient (Wildman–Crippen LogP) is 0.738. The third-order valence-corrected chi connectivity index (χ3v) is 5.79. The summed E-state index contributed by atoms with van der Waals surface area (Å²) in [6.45, 7) is 3.75. The Balaban J connectivity index is 1.83. The topological polar surface area (TPSA) is 61.7 Å². The summed E-state index contributed by atoms with van der Waals surface area (Å²) in [7, 11) is 7.80. The van der Waals surface area contributed by atoms with E-state index in [1.165, 1.54) is 0 Å². The number of carbonyl (C=O) groups excluding carboxylic acids is 2. The number of carbonyl (C=O) groups is 2. The third kappa shape index (κ3) is 3.29. The molecule has 1 aromatic rings. The van der Waals surface area contributed by atoms with Crippen LogP contribution in [0.15, 0.2) is 12.4 Å². The van der Waals surface area contributed by atoms with E-state index >= 15 is 0 Å². The van der Waals surface area contributed by atoms with Gasteiger partial charge in [0.15, 0.2) is 0 Å². The van der Waals surface area contributed by atoms with Crippen LogP contribution in [0.1, 0.15) is 31.4 Å². The second-order valence-corrected chi connectivity index (χ2v) is 7.79. The second-order valence-electron chi connectivity index (χ2n) is 7.79. The van der Waals surface area contributed by atoms with Crippen molar-refractivity contribution in [2.24, 2.45) is 18.9 Å². The third-order valence-electron chi connectivity index (χ3n) is 5.79. The number of piperidine rings is 1. The fraction of sp³-hybridized carbons (Fsp3) is 0.722. The monoisotopic (exact) mass is 347 g/mol. The molecular weight excluding hydrogens is 318 g/mol. The zero-order chi connectivity index (χ0) is 18.3. The van der Waals surface area contributed by atoms with Gasteiger partial charge >= 0.3 is 0 Å². The quantitative estimate of drug-likeness (QED) is 0.809. The minimum atomic E-state index is -0.226. The fourth-order valence-electron chi connectivity index (χ4n) is 4.38. The van der Waals surface area contributed by atoms with Crippen molar-refractivity contribution in [2.75, 3.05) is 34.2 Å². The van der Waals surface area contributed by atoms with Gasteiger partial charge in [-0.05, 0) is 26.4 Å². The van der Waals surface area contributed by atoms with Gasteiger partial charge in [0, 0.05) is 51.4 Å². The molecule has 2 aliphatic rings. The number of hydrogen-bond donors (Lipinski definition) is 0. The minimum Gasteiger partial charge on any atom is -0.340 e. The van der Waals surface area contributed by atoms with E-state index in [2.05, 4.69) is 31.0 Å². The Labute approximate surface area is 149 Å². The summed E-state index contributed by atoms with van der Waals surface area (Å²) in [6, 6.07) is 0.167. The molecule has 138 valence electrons. The highest BCUT2D eigenvalue weighted by atomic mass is 16.2. The number of likely N-dealkylation sites (tertiary alicyclic amines) is 2. The van der Waals surface area contributed by atoms with Crippen molar-refractivity contribution in [3.63, 3.8) is 0 Å². The van der Waals surface area contributed by atoms with E-state index in [0.29, 0.717) is 24.8 Å². The summed E-state index contributed by atoms with van der Waals surface area (Å²) < 4.78 is 1.73.